The molecule has 100 valence electrons. The summed E-state index contributed by atoms with van der Waals surface area (Å²) in [6.45, 7) is 9.38. The molecule has 1 fully saturated rings. The summed E-state index contributed by atoms with van der Waals surface area (Å²) in [5.74, 6) is 2.05. The first-order chi connectivity index (χ1) is 8.11. The van der Waals surface area contributed by atoms with Gasteiger partial charge in [-0.15, -0.1) is 0 Å². The van der Waals surface area contributed by atoms with Crippen LogP contribution in [0.2, 0.25) is 0 Å². The molecule has 0 heterocycles. The molecule has 1 aliphatic rings. The first-order valence-electron chi connectivity index (χ1n) is 7.72. The molecule has 1 rings (SSSR count). The summed E-state index contributed by atoms with van der Waals surface area (Å²) in [5.41, 5.74) is 0.579. The van der Waals surface area contributed by atoms with Gasteiger partial charge in [0.25, 0.3) is 0 Å². The lowest BCUT2D eigenvalue weighted by atomic mass is 9.76. The highest BCUT2D eigenvalue weighted by molar-refractivity contribution is 4.93. The van der Waals surface area contributed by atoms with Gasteiger partial charge in [-0.1, -0.05) is 58.6 Å². The summed E-state index contributed by atoms with van der Waals surface area (Å²) >= 11 is 0. The van der Waals surface area contributed by atoms with Crippen molar-refractivity contribution in [3.05, 3.63) is 12.2 Å². The van der Waals surface area contributed by atoms with E-state index >= 15 is 0 Å². The Kier molecular flexibility index (Phi) is 6.30. The van der Waals surface area contributed by atoms with Gasteiger partial charge in [-0.05, 0) is 49.9 Å². The zero-order chi connectivity index (χ0) is 12.7. The van der Waals surface area contributed by atoms with Crippen LogP contribution < -0.4 is 0 Å². The van der Waals surface area contributed by atoms with Crippen LogP contribution in [0.15, 0.2) is 12.2 Å². The molecule has 0 bridgehead atoms. The molecule has 0 aromatic carbocycles. The summed E-state index contributed by atoms with van der Waals surface area (Å²) in [4.78, 5) is 0. The minimum Gasteiger partial charge on any atom is -0.0916 e. The third kappa shape index (κ3) is 5.75. The molecular formula is C17H32. The van der Waals surface area contributed by atoms with Crippen molar-refractivity contribution in [2.45, 2.75) is 79.1 Å². The Bertz CT molecular complexity index is 228. The van der Waals surface area contributed by atoms with Crippen LogP contribution in [0.3, 0.4) is 0 Å². The van der Waals surface area contributed by atoms with Gasteiger partial charge in [0.05, 0.1) is 0 Å². The van der Waals surface area contributed by atoms with Crippen LogP contribution >= 0.6 is 0 Å². The third-order valence-corrected chi connectivity index (χ3v) is 4.51. The van der Waals surface area contributed by atoms with Crippen molar-refractivity contribution in [1.29, 1.82) is 0 Å². The van der Waals surface area contributed by atoms with E-state index in [4.69, 9.17) is 0 Å². The van der Waals surface area contributed by atoms with Crippen LogP contribution in [0.4, 0.5) is 0 Å². The lowest BCUT2D eigenvalue weighted by Gasteiger charge is -2.29. The molecule has 0 radical (unpaired) electrons. The van der Waals surface area contributed by atoms with Crippen LogP contribution in [-0.2, 0) is 0 Å². The maximum Gasteiger partial charge on any atom is -0.0289 e. The Balaban J connectivity index is 2.34. The van der Waals surface area contributed by atoms with Crippen LogP contribution in [0.1, 0.15) is 79.1 Å². The van der Waals surface area contributed by atoms with Crippen LogP contribution in [0.25, 0.3) is 0 Å². The van der Waals surface area contributed by atoms with E-state index < -0.39 is 0 Å². The fourth-order valence-electron chi connectivity index (χ4n) is 2.98. The van der Waals surface area contributed by atoms with E-state index in [1.165, 1.54) is 51.4 Å². The van der Waals surface area contributed by atoms with E-state index in [0.717, 1.165) is 11.8 Å². The fraction of sp³-hybridized carbons (Fsp3) is 0.882. The second-order valence-corrected chi connectivity index (χ2v) is 6.57. The van der Waals surface area contributed by atoms with Gasteiger partial charge >= 0.3 is 0 Å². The minimum absolute atomic E-state index is 0.579. The van der Waals surface area contributed by atoms with Gasteiger partial charge in [0, 0.05) is 0 Å². The van der Waals surface area contributed by atoms with E-state index in [0.29, 0.717) is 5.41 Å². The van der Waals surface area contributed by atoms with Crippen molar-refractivity contribution in [2.24, 2.45) is 17.3 Å². The molecule has 0 saturated heterocycles. The largest absolute Gasteiger partial charge is 0.0916 e. The summed E-state index contributed by atoms with van der Waals surface area (Å²) in [7, 11) is 0. The van der Waals surface area contributed by atoms with Gasteiger partial charge in [-0.25, -0.2) is 0 Å². The van der Waals surface area contributed by atoms with Gasteiger partial charge in [0.2, 0.25) is 0 Å². The van der Waals surface area contributed by atoms with Gasteiger partial charge in [0.15, 0.2) is 0 Å². The van der Waals surface area contributed by atoms with Gasteiger partial charge in [-0.3, -0.25) is 0 Å². The average molecular weight is 236 g/mol. The molecule has 0 spiro atoms. The smallest absolute Gasteiger partial charge is 0.0289 e. The molecule has 0 aliphatic heterocycles. The highest BCUT2D eigenvalue weighted by Gasteiger charge is 2.38. The standard InChI is InChI=1S/C17H32/c1-5-7-9-10-12-17(4,11-8-6-2)14-16-13-15(16)3/h6,8,15-16H,5,7,9-14H2,1-4H3. The van der Waals surface area contributed by atoms with Gasteiger partial charge in [0.1, 0.15) is 0 Å². The molecule has 1 aliphatic carbocycles. The molecule has 3 atom stereocenters. The van der Waals surface area contributed by atoms with Crippen LogP contribution in [0, 0.1) is 17.3 Å². The van der Waals surface area contributed by atoms with Crippen molar-refractivity contribution in [3.8, 4) is 0 Å². The second-order valence-electron chi connectivity index (χ2n) is 6.57. The zero-order valence-corrected chi connectivity index (χ0v) is 12.5. The Morgan fingerprint density at radius 1 is 1.24 bits per heavy atom. The van der Waals surface area contributed by atoms with E-state index in [1.807, 2.05) is 0 Å². The molecule has 0 aromatic heterocycles. The molecular weight excluding hydrogens is 204 g/mol. The molecule has 0 N–H and O–H groups in total. The van der Waals surface area contributed by atoms with Crippen molar-refractivity contribution in [1.82, 2.24) is 0 Å². The van der Waals surface area contributed by atoms with Crippen molar-refractivity contribution in [3.63, 3.8) is 0 Å². The van der Waals surface area contributed by atoms with E-state index in [-0.39, 0.29) is 0 Å². The maximum atomic E-state index is 2.52. The summed E-state index contributed by atoms with van der Waals surface area (Å²) < 4.78 is 0. The number of unbranched alkanes of at least 4 members (excludes halogenated alkanes) is 3. The van der Waals surface area contributed by atoms with E-state index in [9.17, 15) is 0 Å². The Hall–Kier alpha value is -0.260. The number of hydrogen-bond acceptors (Lipinski definition) is 0. The molecule has 3 unspecified atom stereocenters. The third-order valence-electron chi connectivity index (χ3n) is 4.51. The zero-order valence-electron chi connectivity index (χ0n) is 12.5. The second kappa shape index (κ2) is 7.24. The van der Waals surface area contributed by atoms with Crippen molar-refractivity contribution in [2.75, 3.05) is 0 Å². The van der Waals surface area contributed by atoms with Gasteiger partial charge in [-0.2, -0.15) is 0 Å². The minimum atomic E-state index is 0.579. The molecule has 1 saturated carbocycles. The predicted molar refractivity (Wildman–Crippen MR) is 78.2 cm³/mol. The fourth-order valence-corrected chi connectivity index (χ4v) is 2.98. The number of rotatable bonds is 9. The maximum absolute atomic E-state index is 2.52. The van der Waals surface area contributed by atoms with Crippen LogP contribution in [0.5, 0.6) is 0 Å². The highest BCUT2D eigenvalue weighted by atomic mass is 14.4. The normalized spacial score (nSPS) is 27.3. The summed E-state index contributed by atoms with van der Waals surface area (Å²) in [6.07, 6.45) is 15.9. The SMILES string of the molecule is CC=CCC(C)(CCCCCC)CC1CC1C. The van der Waals surface area contributed by atoms with Crippen LogP contribution in [-0.4, -0.2) is 0 Å². The summed E-state index contributed by atoms with van der Waals surface area (Å²) in [6, 6.07) is 0. The molecule has 0 aromatic rings. The molecule has 17 heavy (non-hydrogen) atoms. The molecule has 0 nitrogen and oxygen atoms in total. The predicted octanol–water partition coefficient (Wildman–Crippen LogP) is 5.98. The lowest BCUT2D eigenvalue weighted by Crippen LogP contribution is -2.17. The van der Waals surface area contributed by atoms with Crippen molar-refractivity contribution < 1.29 is 0 Å². The highest BCUT2D eigenvalue weighted by Crippen LogP contribution is 2.48. The Morgan fingerprint density at radius 3 is 2.47 bits per heavy atom. The molecule has 0 amide bonds. The Labute approximate surface area is 109 Å². The van der Waals surface area contributed by atoms with E-state index in [1.54, 1.807) is 0 Å². The monoisotopic (exact) mass is 236 g/mol. The number of allylic oxidation sites excluding steroid dienone is 2. The average Bonchev–Trinajstić information content (AvgIpc) is 2.98. The first-order valence-corrected chi connectivity index (χ1v) is 7.72. The Morgan fingerprint density at radius 2 is 1.94 bits per heavy atom. The number of hydrogen-bond donors (Lipinski definition) is 0. The molecule has 0 heteroatoms. The van der Waals surface area contributed by atoms with Gasteiger partial charge < -0.3 is 0 Å². The first kappa shape index (κ1) is 14.8. The van der Waals surface area contributed by atoms with E-state index in [2.05, 4.69) is 39.8 Å². The lowest BCUT2D eigenvalue weighted by molar-refractivity contribution is 0.245. The topological polar surface area (TPSA) is 0 Å². The van der Waals surface area contributed by atoms with Crippen molar-refractivity contribution >= 4 is 0 Å². The quantitative estimate of drug-likeness (QED) is 0.341. The summed E-state index contributed by atoms with van der Waals surface area (Å²) in [5, 5.41) is 0.